The number of carbonyl (C=O) groups is 3. The minimum absolute atomic E-state index is 0.210. The zero-order chi connectivity index (χ0) is 26.8. The lowest BCUT2D eigenvalue weighted by atomic mass is 10.0. The molecule has 0 aliphatic heterocycles. The third kappa shape index (κ3) is 8.38. The molecular formula is C29H32N2O6. The molecule has 1 atom stereocenters. The average Bonchev–Trinajstić information content (AvgIpc) is 2.88. The summed E-state index contributed by atoms with van der Waals surface area (Å²) in [5.74, 6) is 0.769. The standard InChI is InChI=1S/C29H32N2O6/c1-5-35-29(34)37-26-15-11-23(12-16-26)28(33)31-24-8-6-7-21(17-24)18-30-27(32)20(4)36-25-13-9-22(10-14-25)19(2)3/h6-17,19-20H,5,18H2,1-4H3,(H,30,32)(H,31,33). The lowest BCUT2D eigenvalue weighted by Gasteiger charge is -2.16. The van der Waals surface area contributed by atoms with Crippen LogP contribution >= 0.6 is 0 Å². The Balaban J connectivity index is 1.51. The van der Waals surface area contributed by atoms with Gasteiger partial charge in [0.15, 0.2) is 6.10 Å². The van der Waals surface area contributed by atoms with E-state index in [1.807, 2.05) is 30.3 Å². The number of rotatable bonds is 10. The lowest BCUT2D eigenvalue weighted by Crippen LogP contribution is -2.35. The summed E-state index contributed by atoms with van der Waals surface area (Å²) in [4.78, 5) is 36.5. The third-order valence-electron chi connectivity index (χ3n) is 5.46. The Morgan fingerprint density at radius 2 is 1.54 bits per heavy atom. The molecular weight excluding hydrogens is 472 g/mol. The van der Waals surface area contributed by atoms with Crippen LogP contribution in [0.15, 0.2) is 72.8 Å². The van der Waals surface area contributed by atoms with Crippen LogP contribution in [0.4, 0.5) is 10.5 Å². The van der Waals surface area contributed by atoms with Gasteiger partial charge < -0.3 is 24.8 Å². The van der Waals surface area contributed by atoms with E-state index < -0.39 is 12.3 Å². The van der Waals surface area contributed by atoms with E-state index in [2.05, 4.69) is 24.5 Å². The highest BCUT2D eigenvalue weighted by atomic mass is 16.7. The van der Waals surface area contributed by atoms with Crippen LogP contribution in [0, 0.1) is 0 Å². The van der Waals surface area contributed by atoms with Crippen molar-refractivity contribution >= 4 is 23.7 Å². The zero-order valence-corrected chi connectivity index (χ0v) is 21.4. The van der Waals surface area contributed by atoms with E-state index >= 15 is 0 Å². The van der Waals surface area contributed by atoms with Gasteiger partial charge in [-0.1, -0.05) is 38.1 Å². The van der Waals surface area contributed by atoms with Crippen molar-refractivity contribution in [2.24, 2.45) is 0 Å². The van der Waals surface area contributed by atoms with Crippen LogP contribution in [0.1, 0.15) is 55.1 Å². The highest BCUT2D eigenvalue weighted by Gasteiger charge is 2.15. The second kappa shape index (κ2) is 13.1. The summed E-state index contributed by atoms with van der Waals surface area (Å²) in [5, 5.41) is 5.69. The second-order valence-electron chi connectivity index (χ2n) is 8.67. The lowest BCUT2D eigenvalue weighted by molar-refractivity contribution is -0.127. The molecule has 1 unspecified atom stereocenters. The third-order valence-corrected chi connectivity index (χ3v) is 5.46. The quantitative estimate of drug-likeness (QED) is 0.272. The highest BCUT2D eigenvalue weighted by molar-refractivity contribution is 6.04. The number of nitrogens with one attached hydrogen (secondary N) is 2. The molecule has 0 aliphatic rings. The first kappa shape index (κ1) is 27.3. The molecule has 0 heterocycles. The molecule has 2 amide bonds. The van der Waals surface area contributed by atoms with Gasteiger partial charge >= 0.3 is 6.16 Å². The monoisotopic (exact) mass is 504 g/mol. The first-order valence-electron chi connectivity index (χ1n) is 12.1. The molecule has 8 heteroatoms. The van der Waals surface area contributed by atoms with Crippen LogP contribution in [0.3, 0.4) is 0 Å². The Bertz CT molecular complexity index is 1210. The molecule has 2 N–H and O–H groups in total. The number of hydrogen-bond donors (Lipinski definition) is 2. The predicted molar refractivity (Wildman–Crippen MR) is 141 cm³/mol. The van der Waals surface area contributed by atoms with Gasteiger partial charge in [-0.15, -0.1) is 0 Å². The molecule has 3 aromatic rings. The van der Waals surface area contributed by atoms with Gasteiger partial charge in [-0.05, 0) is 79.4 Å². The summed E-state index contributed by atoms with van der Waals surface area (Å²) in [6, 6.07) is 21.0. The number of benzene rings is 3. The van der Waals surface area contributed by atoms with E-state index in [-0.39, 0.29) is 30.7 Å². The van der Waals surface area contributed by atoms with Crippen molar-refractivity contribution in [1.29, 1.82) is 0 Å². The van der Waals surface area contributed by atoms with E-state index in [0.717, 1.165) is 5.56 Å². The summed E-state index contributed by atoms with van der Waals surface area (Å²) in [5.41, 5.74) is 3.00. The molecule has 0 spiro atoms. The number of anilines is 1. The predicted octanol–water partition coefficient (Wildman–Crippen LogP) is 5.68. The first-order valence-corrected chi connectivity index (χ1v) is 12.1. The van der Waals surface area contributed by atoms with Gasteiger partial charge in [0.25, 0.3) is 11.8 Å². The summed E-state index contributed by atoms with van der Waals surface area (Å²) in [6.45, 7) is 8.11. The fourth-order valence-electron chi connectivity index (χ4n) is 3.40. The number of amides is 2. The normalized spacial score (nSPS) is 11.4. The fraction of sp³-hybridized carbons (Fsp3) is 0.276. The minimum atomic E-state index is -0.801. The fourth-order valence-corrected chi connectivity index (χ4v) is 3.40. The molecule has 3 rings (SSSR count). The maximum absolute atomic E-state index is 12.6. The summed E-state index contributed by atoms with van der Waals surface area (Å²) in [7, 11) is 0. The van der Waals surface area contributed by atoms with Gasteiger partial charge in [0.05, 0.1) is 6.61 Å². The molecule has 0 aromatic heterocycles. The van der Waals surface area contributed by atoms with Crippen molar-refractivity contribution in [3.8, 4) is 11.5 Å². The van der Waals surface area contributed by atoms with Gasteiger partial charge in [-0.2, -0.15) is 0 Å². The van der Waals surface area contributed by atoms with Gasteiger partial charge in [0.1, 0.15) is 11.5 Å². The SMILES string of the molecule is CCOC(=O)Oc1ccc(C(=O)Nc2cccc(CNC(=O)C(C)Oc3ccc(C(C)C)cc3)c2)cc1. The Hall–Kier alpha value is -4.33. The topological polar surface area (TPSA) is 103 Å². The van der Waals surface area contributed by atoms with Crippen LogP contribution < -0.4 is 20.1 Å². The van der Waals surface area contributed by atoms with E-state index in [0.29, 0.717) is 22.9 Å². The van der Waals surface area contributed by atoms with E-state index in [4.69, 9.17) is 14.2 Å². The largest absolute Gasteiger partial charge is 0.513 e. The molecule has 0 saturated carbocycles. The van der Waals surface area contributed by atoms with Gasteiger partial charge in [-0.3, -0.25) is 9.59 Å². The van der Waals surface area contributed by atoms with Gasteiger partial charge in [0.2, 0.25) is 0 Å². The van der Waals surface area contributed by atoms with Crippen LogP contribution in [0.25, 0.3) is 0 Å². The molecule has 8 nitrogen and oxygen atoms in total. The Kier molecular flexibility index (Phi) is 9.66. The van der Waals surface area contributed by atoms with Crippen molar-refractivity contribution in [3.05, 3.63) is 89.5 Å². The van der Waals surface area contributed by atoms with Crippen LogP contribution in [-0.2, 0) is 16.1 Å². The Labute approximate surface area is 216 Å². The maximum atomic E-state index is 12.6. The van der Waals surface area contributed by atoms with Crippen molar-refractivity contribution in [2.45, 2.75) is 46.3 Å². The Morgan fingerprint density at radius 3 is 2.19 bits per heavy atom. The smallest absolute Gasteiger partial charge is 0.481 e. The van der Waals surface area contributed by atoms with Gasteiger partial charge in [-0.25, -0.2) is 4.79 Å². The summed E-state index contributed by atoms with van der Waals surface area (Å²) in [6.07, 6.45) is -1.46. The first-order chi connectivity index (χ1) is 17.7. The van der Waals surface area contributed by atoms with Crippen LogP contribution in [-0.4, -0.2) is 30.7 Å². The van der Waals surface area contributed by atoms with Crippen molar-refractivity contribution in [1.82, 2.24) is 5.32 Å². The molecule has 0 aliphatic carbocycles. The molecule has 0 saturated heterocycles. The van der Waals surface area contributed by atoms with Crippen molar-refractivity contribution in [2.75, 3.05) is 11.9 Å². The van der Waals surface area contributed by atoms with Crippen LogP contribution in [0.2, 0.25) is 0 Å². The summed E-state index contributed by atoms with van der Waals surface area (Å²) < 4.78 is 15.5. The molecule has 0 fully saturated rings. The number of ether oxygens (including phenoxy) is 3. The zero-order valence-electron chi connectivity index (χ0n) is 21.4. The molecule has 0 radical (unpaired) electrons. The van der Waals surface area contributed by atoms with E-state index in [9.17, 15) is 14.4 Å². The van der Waals surface area contributed by atoms with Crippen LogP contribution in [0.5, 0.6) is 11.5 Å². The maximum Gasteiger partial charge on any atom is 0.513 e. The molecule has 37 heavy (non-hydrogen) atoms. The second-order valence-corrected chi connectivity index (χ2v) is 8.67. The molecule has 3 aromatic carbocycles. The van der Waals surface area contributed by atoms with Gasteiger partial charge in [0, 0.05) is 17.8 Å². The molecule has 194 valence electrons. The minimum Gasteiger partial charge on any atom is -0.481 e. The number of carbonyl (C=O) groups excluding carboxylic acids is 3. The average molecular weight is 505 g/mol. The summed E-state index contributed by atoms with van der Waals surface area (Å²) >= 11 is 0. The van der Waals surface area contributed by atoms with Crippen molar-refractivity contribution in [3.63, 3.8) is 0 Å². The van der Waals surface area contributed by atoms with Crippen molar-refractivity contribution < 1.29 is 28.6 Å². The number of hydrogen-bond acceptors (Lipinski definition) is 6. The van der Waals surface area contributed by atoms with E-state index in [1.165, 1.54) is 17.7 Å². The Morgan fingerprint density at radius 1 is 0.865 bits per heavy atom. The highest BCUT2D eigenvalue weighted by Crippen LogP contribution is 2.20. The molecule has 0 bridgehead atoms. The van der Waals surface area contributed by atoms with E-state index in [1.54, 1.807) is 44.2 Å².